The van der Waals surface area contributed by atoms with Gasteiger partial charge >= 0.3 is 5.97 Å². The number of piperidine rings is 1. The Morgan fingerprint density at radius 2 is 2.05 bits per heavy atom. The maximum Gasteiger partial charge on any atom is 0.308 e. The van der Waals surface area contributed by atoms with Crippen LogP contribution in [0.3, 0.4) is 0 Å². The van der Waals surface area contributed by atoms with E-state index in [0.29, 0.717) is 24.8 Å². The Labute approximate surface area is 129 Å². The Kier molecular flexibility index (Phi) is 5.16. The molecule has 1 aliphatic rings. The molecule has 22 heavy (non-hydrogen) atoms. The van der Waals surface area contributed by atoms with Crippen molar-refractivity contribution in [3.63, 3.8) is 0 Å². The van der Waals surface area contributed by atoms with E-state index in [1.54, 1.807) is 30.0 Å². The molecule has 0 radical (unpaired) electrons. The van der Waals surface area contributed by atoms with Gasteiger partial charge in [-0.1, -0.05) is 25.1 Å². The molecule has 1 saturated heterocycles. The summed E-state index contributed by atoms with van der Waals surface area (Å²) in [6.45, 7) is 3.95. The molecular weight excluding hydrogens is 285 g/mol. The van der Waals surface area contributed by atoms with Crippen LogP contribution in [0.1, 0.15) is 32.3 Å². The van der Waals surface area contributed by atoms with Gasteiger partial charge in [0.25, 0.3) is 0 Å². The van der Waals surface area contributed by atoms with Crippen molar-refractivity contribution < 1.29 is 19.1 Å². The number of likely N-dealkylation sites (tertiary alicyclic amines) is 1. The molecule has 4 nitrogen and oxygen atoms in total. The van der Waals surface area contributed by atoms with Gasteiger partial charge in [0.2, 0.25) is 5.91 Å². The van der Waals surface area contributed by atoms with Gasteiger partial charge in [0.05, 0.1) is 5.92 Å². The van der Waals surface area contributed by atoms with E-state index < -0.39 is 11.9 Å². The SMILES string of the molecule is CC(Cc1ccccc1F)C(=O)N1CC(C(=O)O)CCC1C. The van der Waals surface area contributed by atoms with Gasteiger partial charge in [0.15, 0.2) is 0 Å². The third-order valence-electron chi connectivity index (χ3n) is 4.42. The van der Waals surface area contributed by atoms with Crippen LogP contribution < -0.4 is 0 Å². The third kappa shape index (κ3) is 3.64. The van der Waals surface area contributed by atoms with Crippen LogP contribution in [0.4, 0.5) is 4.39 Å². The average Bonchev–Trinajstić information content (AvgIpc) is 2.49. The van der Waals surface area contributed by atoms with Gasteiger partial charge in [-0.05, 0) is 37.8 Å². The summed E-state index contributed by atoms with van der Waals surface area (Å²) >= 11 is 0. The molecule has 5 heteroatoms. The summed E-state index contributed by atoms with van der Waals surface area (Å²) in [5.74, 6) is -2.13. The number of carbonyl (C=O) groups excluding carboxylic acids is 1. The van der Waals surface area contributed by atoms with Gasteiger partial charge in [0.1, 0.15) is 5.82 Å². The van der Waals surface area contributed by atoms with Gasteiger partial charge in [-0.2, -0.15) is 0 Å². The lowest BCUT2D eigenvalue weighted by molar-refractivity contribution is -0.148. The number of rotatable bonds is 4. The van der Waals surface area contributed by atoms with Crippen molar-refractivity contribution in [2.24, 2.45) is 11.8 Å². The number of carboxylic acids is 1. The Balaban J connectivity index is 2.05. The van der Waals surface area contributed by atoms with Crippen LogP contribution in [0.25, 0.3) is 0 Å². The maximum absolute atomic E-state index is 13.7. The van der Waals surface area contributed by atoms with Crippen molar-refractivity contribution >= 4 is 11.9 Å². The zero-order chi connectivity index (χ0) is 16.3. The highest BCUT2D eigenvalue weighted by molar-refractivity contribution is 5.80. The Morgan fingerprint density at radius 3 is 2.68 bits per heavy atom. The lowest BCUT2D eigenvalue weighted by Crippen LogP contribution is -2.49. The number of nitrogens with zero attached hydrogens (tertiary/aromatic N) is 1. The lowest BCUT2D eigenvalue weighted by Gasteiger charge is -2.38. The number of aliphatic carboxylic acids is 1. The van der Waals surface area contributed by atoms with Crippen molar-refractivity contribution in [2.45, 2.75) is 39.2 Å². The molecule has 0 bridgehead atoms. The van der Waals surface area contributed by atoms with E-state index in [2.05, 4.69) is 0 Å². The molecule has 1 fully saturated rings. The molecule has 1 amide bonds. The van der Waals surface area contributed by atoms with E-state index in [0.717, 1.165) is 0 Å². The first-order valence-corrected chi connectivity index (χ1v) is 7.66. The molecule has 120 valence electrons. The molecule has 1 aromatic rings. The van der Waals surface area contributed by atoms with Gasteiger partial charge in [-0.15, -0.1) is 0 Å². The van der Waals surface area contributed by atoms with Crippen molar-refractivity contribution in [3.8, 4) is 0 Å². The minimum Gasteiger partial charge on any atom is -0.481 e. The Hall–Kier alpha value is -1.91. The molecule has 1 heterocycles. The quantitative estimate of drug-likeness (QED) is 0.930. The molecule has 0 spiro atoms. The van der Waals surface area contributed by atoms with Crippen LogP contribution in [-0.4, -0.2) is 34.5 Å². The van der Waals surface area contributed by atoms with Gasteiger partial charge in [-0.3, -0.25) is 9.59 Å². The largest absolute Gasteiger partial charge is 0.481 e. The number of hydrogen-bond acceptors (Lipinski definition) is 2. The Bertz CT molecular complexity index is 561. The van der Waals surface area contributed by atoms with Crippen molar-refractivity contribution in [1.82, 2.24) is 4.90 Å². The zero-order valence-electron chi connectivity index (χ0n) is 13.0. The maximum atomic E-state index is 13.7. The van der Waals surface area contributed by atoms with Crippen molar-refractivity contribution in [2.75, 3.05) is 6.54 Å². The highest BCUT2D eigenvalue weighted by Crippen LogP contribution is 2.25. The van der Waals surface area contributed by atoms with E-state index in [1.165, 1.54) is 6.07 Å². The minimum atomic E-state index is -0.855. The number of benzene rings is 1. The summed E-state index contributed by atoms with van der Waals surface area (Å²) in [5.41, 5.74) is 0.516. The average molecular weight is 307 g/mol. The van der Waals surface area contributed by atoms with Gasteiger partial charge < -0.3 is 10.0 Å². The van der Waals surface area contributed by atoms with E-state index >= 15 is 0 Å². The van der Waals surface area contributed by atoms with Crippen LogP contribution in [0, 0.1) is 17.7 Å². The van der Waals surface area contributed by atoms with Crippen LogP contribution in [0.2, 0.25) is 0 Å². The second kappa shape index (κ2) is 6.90. The summed E-state index contributed by atoms with van der Waals surface area (Å²) in [4.78, 5) is 25.4. The zero-order valence-corrected chi connectivity index (χ0v) is 13.0. The molecule has 3 atom stereocenters. The van der Waals surface area contributed by atoms with Crippen LogP contribution in [0.5, 0.6) is 0 Å². The normalized spacial score (nSPS) is 23.1. The number of carboxylic acid groups (broad SMARTS) is 1. The minimum absolute atomic E-state index is 0.0335. The summed E-state index contributed by atoms with van der Waals surface area (Å²) < 4.78 is 13.7. The molecule has 2 rings (SSSR count). The second-order valence-electron chi connectivity index (χ2n) is 6.15. The third-order valence-corrected chi connectivity index (χ3v) is 4.42. The highest BCUT2D eigenvalue weighted by atomic mass is 19.1. The predicted octanol–water partition coefficient (Wildman–Crippen LogP) is 2.72. The summed E-state index contributed by atoms with van der Waals surface area (Å²) in [5, 5.41) is 9.15. The monoisotopic (exact) mass is 307 g/mol. The summed E-state index contributed by atoms with van der Waals surface area (Å²) in [6.07, 6.45) is 1.61. The fourth-order valence-corrected chi connectivity index (χ4v) is 2.98. The predicted molar refractivity (Wildman–Crippen MR) is 80.8 cm³/mol. The van der Waals surface area contributed by atoms with E-state index in [4.69, 9.17) is 5.11 Å². The first-order valence-electron chi connectivity index (χ1n) is 7.66. The fourth-order valence-electron chi connectivity index (χ4n) is 2.98. The van der Waals surface area contributed by atoms with E-state index in [9.17, 15) is 14.0 Å². The topological polar surface area (TPSA) is 57.6 Å². The van der Waals surface area contributed by atoms with Crippen molar-refractivity contribution in [1.29, 1.82) is 0 Å². The van der Waals surface area contributed by atoms with Gasteiger partial charge in [-0.25, -0.2) is 4.39 Å². The van der Waals surface area contributed by atoms with E-state index in [1.807, 2.05) is 6.92 Å². The number of halogens is 1. The number of hydrogen-bond donors (Lipinski definition) is 1. The van der Waals surface area contributed by atoms with E-state index in [-0.39, 0.29) is 30.2 Å². The van der Waals surface area contributed by atoms with Crippen LogP contribution in [-0.2, 0) is 16.0 Å². The first-order chi connectivity index (χ1) is 10.4. The molecular formula is C17H22FNO3. The number of amides is 1. The molecule has 0 aliphatic carbocycles. The molecule has 0 saturated carbocycles. The Morgan fingerprint density at radius 1 is 1.36 bits per heavy atom. The van der Waals surface area contributed by atoms with Crippen LogP contribution in [0.15, 0.2) is 24.3 Å². The fraction of sp³-hybridized carbons (Fsp3) is 0.529. The molecule has 0 aromatic heterocycles. The smallest absolute Gasteiger partial charge is 0.308 e. The lowest BCUT2D eigenvalue weighted by atomic mass is 9.91. The molecule has 1 N–H and O–H groups in total. The molecule has 1 aromatic carbocycles. The van der Waals surface area contributed by atoms with Crippen LogP contribution >= 0.6 is 0 Å². The standard InChI is InChI=1S/C17H22FNO3/c1-11(9-13-5-3-4-6-15(13)18)16(20)19-10-14(17(21)22)8-7-12(19)2/h3-6,11-12,14H,7-10H2,1-2H3,(H,21,22). The summed E-state index contributed by atoms with van der Waals surface area (Å²) in [6, 6.07) is 6.47. The summed E-state index contributed by atoms with van der Waals surface area (Å²) in [7, 11) is 0. The first kappa shape index (κ1) is 16.5. The van der Waals surface area contributed by atoms with Crippen molar-refractivity contribution in [3.05, 3.63) is 35.6 Å². The molecule has 1 aliphatic heterocycles. The second-order valence-corrected chi connectivity index (χ2v) is 6.15. The molecule has 3 unspecified atom stereocenters. The highest BCUT2D eigenvalue weighted by Gasteiger charge is 2.34. The van der Waals surface area contributed by atoms with Gasteiger partial charge in [0, 0.05) is 18.5 Å². The number of carbonyl (C=O) groups is 2.